The molecular formula is C13H14O5. The van der Waals surface area contributed by atoms with Gasteiger partial charge in [0.15, 0.2) is 0 Å². The molecule has 5 heteroatoms. The van der Waals surface area contributed by atoms with Crippen molar-refractivity contribution in [2.24, 2.45) is 0 Å². The van der Waals surface area contributed by atoms with E-state index in [2.05, 4.69) is 0 Å². The smallest absolute Gasteiger partial charge is 0.331 e. The van der Waals surface area contributed by atoms with E-state index < -0.39 is 11.9 Å². The van der Waals surface area contributed by atoms with Crippen LogP contribution in [0.1, 0.15) is 12.0 Å². The lowest BCUT2D eigenvalue weighted by molar-refractivity contribution is -0.138. The van der Waals surface area contributed by atoms with Crippen molar-refractivity contribution < 1.29 is 24.5 Å². The predicted molar refractivity (Wildman–Crippen MR) is 64.2 cm³/mol. The number of aliphatic carboxylic acids is 1. The fourth-order valence-corrected chi connectivity index (χ4v) is 1.35. The maximum Gasteiger partial charge on any atom is 0.331 e. The van der Waals surface area contributed by atoms with Crippen molar-refractivity contribution in [3.63, 3.8) is 0 Å². The van der Waals surface area contributed by atoms with Crippen molar-refractivity contribution in [3.05, 3.63) is 42.0 Å². The van der Waals surface area contributed by atoms with Gasteiger partial charge in [0, 0.05) is 12.2 Å². The van der Waals surface area contributed by atoms with Crippen LogP contribution in [0.25, 0.3) is 0 Å². The molecule has 1 rings (SSSR count). The summed E-state index contributed by atoms with van der Waals surface area (Å²) in [4.78, 5) is 21.1. The molecule has 1 aromatic carbocycles. The summed E-state index contributed by atoms with van der Waals surface area (Å²) in [7, 11) is 0. The molecule has 0 unspecified atom stereocenters. The van der Waals surface area contributed by atoms with Crippen molar-refractivity contribution in [2.45, 2.75) is 12.8 Å². The number of carboxylic acids is 1. The molecule has 0 bridgehead atoms. The highest BCUT2D eigenvalue weighted by atomic mass is 16.5. The number of aryl methyl sites for hydroxylation is 1. The Kier molecular flexibility index (Phi) is 5.44. The molecule has 1 aromatic rings. The molecule has 0 saturated carbocycles. The summed E-state index contributed by atoms with van der Waals surface area (Å²) >= 11 is 0. The molecule has 0 aromatic heterocycles. The van der Waals surface area contributed by atoms with Crippen molar-refractivity contribution >= 4 is 11.9 Å². The van der Waals surface area contributed by atoms with Gasteiger partial charge < -0.3 is 14.9 Å². The monoisotopic (exact) mass is 250 g/mol. The van der Waals surface area contributed by atoms with Gasteiger partial charge >= 0.3 is 11.9 Å². The Hall–Kier alpha value is -2.30. The Bertz CT molecular complexity index is 450. The standard InChI is InChI=1S/C13H14O5/c14-11-6-2-1-4-10(11)5-3-9-18-13(17)8-7-12(15)16/h1-2,4,6-8,14H,3,5,9H2,(H,15,16)/b8-7+. The van der Waals surface area contributed by atoms with E-state index in [0.29, 0.717) is 12.8 Å². The maximum atomic E-state index is 11.0. The van der Waals surface area contributed by atoms with Gasteiger partial charge in [0.2, 0.25) is 0 Å². The second-order valence-electron chi connectivity index (χ2n) is 3.57. The molecular weight excluding hydrogens is 236 g/mol. The number of hydrogen-bond donors (Lipinski definition) is 2. The lowest BCUT2D eigenvalue weighted by atomic mass is 10.1. The van der Waals surface area contributed by atoms with Crippen LogP contribution < -0.4 is 0 Å². The molecule has 18 heavy (non-hydrogen) atoms. The number of para-hydroxylation sites is 1. The number of carboxylic acid groups (broad SMARTS) is 1. The van der Waals surface area contributed by atoms with Gasteiger partial charge in [-0.15, -0.1) is 0 Å². The van der Waals surface area contributed by atoms with Crippen molar-refractivity contribution in [1.82, 2.24) is 0 Å². The van der Waals surface area contributed by atoms with Gasteiger partial charge in [-0.05, 0) is 24.5 Å². The number of ether oxygens (including phenoxy) is 1. The minimum absolute atomic E-state index is 0.178. The van der Waals surface area contributed by atoms with Gasteiger partial charge in [-0.2, -0.15) is 0 Å². The van der Waals surface area contributed by atoms with Crippen LogP contribution >= 0.6 is 0 Å². The average Bonchev–Trinajstić information content (AvgIpc) is 2.34. The van der Waals surface area contributed by atoms with Crippen LogP contribution in [0.2, 0.25) is 0 Å². The molecule has 2 N–H and O–H groups in total. The van der Waals surface area contributed by atoms with E-state index >= 15 is 0 Å². The lowest BCUT2D eigenvalue weighted by Crippen LogP contribution is -2.04. The van der Waals surface area contributed by atoms with Gasteiger partial charge in [-0.25, -0.2) is 9.59 Å². The zero-order valence-electron chi connectivity index (χ0n) is 9.70. The van der Waals surface area contributed by atoms with Gasteiger partial charge in [0.25, 0.3) is 0 Å². The van der Waals surface area contributed by atoms with Crippen molar-refractivity contribution in [1.29, 1.82) is 0 Å². The Morgan fingerprint density at radius 3 is 2.61 bits per heavy atom. The molecule has 96 valence electrons. The Morgan fingerprint density at radius 1 is 1.22 bits per heavy atom. The topological polar surface area (TPSA) is 83.8 Å². The Labute approximate surface area is 104 Å². The largest absolute Gasteiger partial charge is 0.508 e. The summed E-state index contributed by atoms with van der Waals surface area (Å²) in [5.41, 5.74) is 0.787. The summed E-state index contributed by atoms with van der Waals surface area (Å²) in [6, 6.07) is 6.94. The number of carbonyl (C=O) groups excluding carboxylic acids is 1. The molecule has 0 amide bonds. The molecule has 0 aliphatic rings. The second-order valence-corrected chi connectivity index (χ2v) is 3.57. The molecule has 0 saturated heterocycles. The Morgan fingerprint density at radius 2 is 1.94 bits per heavy atom. The minimum atomic E-state index is -1.19. The third-order valence-corrected chi connectivity index (χ3v) is 2.19. The van der Waals surface area contributed by atoms with Gasteiger partial charge in [0.05, 0.1) is 6.61 Å². The summed E-state index contributed by atoms with van der Waals surface area (Å²) in [5.74, 6) is -1.66. The van der Waals surface area contributed by atoms with Gasteiger partial charge in [-0.1, -0.05) is 18.2 Å². The number of hydrogen-bond acceptors (Lipinski definition) is 4. The van der Waals surface area contributed by atoms with Crippen LogP contribution in [-0.4, -0.2) is 28.8 Å². The van der Waals surface area contributed by atoms with Crippen LogP contribution in [0.5, 0.6) is 5.75 Å². The highest BCUT2D eigenvalue weighted by Gasteiger charge is 2.01. The van der Waals surface area contributed by atoms with E-state index in [-0.39, 0.29) is 12.4 Å². The zero-order chi connectivity index (χ0) is 13.4. The van der Waals surface area contributed by atoms with Crippen molar-refractivity contribution in [3.8, 4) is 5.75 Å². The molecule has 0 spiro atoms. The maximum absolute atomic E-state index is 11.0. The number of carbonyl (C=O) groups is 2. The van der Waals surface area contributed by atoms with Crippen LogP contribution in [0.15, 0.2) is 36.4 Å². The Balaban J connectivity index is 2.25. The normalized spacial score (nSPS) is 10.4. The summed E-state index contributed by atoms with van der Waals surface area (Å²) in [6.45, 7) is 0.178. The molecule has 0 aliphatic heterocycles. The first-order valence-corrected chi connectivity index (χ1v) is 5.44. The van der Waals surface area contributed by atoms with Crippen LogP contribution in [0.3, 0.4) is 0 Å². The first-order valence-electron chi connectivity index (χ1n) is 5.44. The average molecular weight is 250 g/mol. The fraction of sp³-hybridized carbons (Fsp3) is 0.231. The number of esters is 1. The molecule has 0 radical (unpaired) electrons. The van der Waals surface area contributed by atoms with Gasteiger partial charge in [-0.3, -0.25) is 0 Å². The van der Waals surface area contributed by atoms with E-state index in [4.69, 9.17) is 9.84 Å². The third kappa shape index (κ3) is 5.16. The SMILES string of the molecule is O=C(O)/C=C/C(=O)OCCCc1ccccc1O. The number of aromatic hydroxyl groups is 1. The van der Waals surface area contributed by atoms with E-state index in [1.807, 2.05) is 6.07 Å². The summed E-state index contributed by atoms with van der Waals surface area (Å²) < 4.78 is 4.78. The van der Waals surface area contributed by atoms with E-state index in [1.54, 1.807) is 18.2 Å². The predicted octanol–water partition coefficient (Wildman–Crippen LogP) is 1.51. The number of phenolic OH excluding ortho intramolecular Hbond substituents is 1. The van der Waals surface area contributed by atoms with Gasteiger partial charge in [0.1, 0.15) is 5.75 Å². The molecule has 0 fully saturated rings. The number of benzene rings is 1. The molecule has 0 heterocycles. The van der Waals surface area contributed by atoms with E-state index in [0.717, 1.165) is 17.7 Å². The quantitative estimate of drug-likeness (QED) is 0.454. The fourth-order valence-electron chi connectivity index (χ4n) is 1.35. The van der Waals surface area contributed by atoms with Crippen LogP contribution in [-0.2, 0) is 20.7 Å². The number of phenols is 1. The van der Waals surface area contributed by atoms with E-state index in [9.17, 15) is 14.7 Å². The van der Waals surface area contributed by atoms with Crippen LogP contribution in [0.4, 0.5) is 0 Å². The zero-order valence-corrected chi connectivity index (χ0v) is 9.70. The molecule has 0 aliphatic carbocycles. The third-order valence-electron chi connectivity index (χ3n) is 2.19. The highest BCUT2D eigenvalue weighted by molar-refractivity contribution is 5.90. The minimum Gasteiger partial charge on any atom is -0.508 e. The van der Waals surface area contributed by atoms with Crippen LogP contribution in [0, 0.1) is 0 Å². The second kappa shape index (κ2) is 7.11. The first-order chi connectivity index (χ1) is 8.59. The highest BCUT2D eigenvalue weighted by Crippen LogP contribution is 2.16. The summed E-state index contributed by atoms with van der Waals surface area (Å²) in [6.07, 6.45) is 2.74. The lowest BCUT2D eigenvalue weighted by Gasteiger charge is -2.04. The molecule has 5 nitrogen and oxygen atoms in total. The first kappa shape index (κ1) is 13.8. The van der Waals surface area contributed by atoms with E-state index in [1.165, 1.54) is 0 Å². The summed E-state index contributed by atoms with van der Waals surface area (Å²) in [5, 5.41) is 17.8. The number of rotatable bonds is 6. The molecule has 0 atom stereocenters. The van der Waals surface area contributed by atoms with Crippen molar-refractivity contribution in [2.75, 3.05) is 6.61 Å².